The van der Waals surface area contributed by atoms with Crippen LogP contribution in [-0.4, -0.2) is 40.7 Å². The lowest BCUT2D eigenvalue weighted by atomic mass is 9.94. The zero-order valence-corrected chi connectivity index (χ0v) is 19.9. The Bertz CT molecular complexity index is 1220. The lowest BCUT2D eigenvalue weighted by molar-refractivity contribution is -0.137. The first-order valence-corrected chi connectivity index (χ1v) is 11.8. The van der Waals surface area contributed by atoms with Crippen molar-refractivity contribution >= 4 is 21.8 Å². The summed E-state index contributed by atoms with van der Waals surface area (Å²) in [4.78, 5) is 12.8. The van der Waals surface area contributed by atoms with Gasteiger partial charge in [-0.1, -0.05) is 31.5 Å². The second-order valence-corrected chi connectivity index (χ2v) is 8.86. The van der Waals surface area contributed by atoms with Crippen molar-refractivity contribution in [2.75, 3.05) is 20.8 Å². The molecular weight excluding hydrogens is 493 g/mol. The summed E-state index contributed by atoms with van der Waals surface area (Å²) in [5, 5.41) is 0. The molecule has 1 unspecified atom stereocenters. The molecule has 0 saturated heterocycles. The fourth-order valence-corrected chi connectivity index (χ4v) is 3.82. The Morgan fingerprint density at radius 1 is 1.11 bits per heavy atom. The maximum atomic E-state index is 13.3. The number of fused-ring (bicyclic) bond motifs is 1. The molecule has 3 rings (SSSR count). The molecule has 1 aliphatic heterocycles. The van der Waals surface area contributed by atoms with E-state index in [0.717, 1.165) is 13.5 Å². The van der Waals surface area contributed by atoms with Gasteiger partial charge < -0.3 is 23.1 Å². The number of alkyl halides is 3. The Balaban J connectivity index is 2.28. The third kappa shape index (κ3) is 5.47. The van der Waals surface area contributed by atoms with E-state index in [2.05, 4.69) is 4.18 Å². The van der Waals surface area contributed by atoms with Crippen LogP contribution < -0.4 is 14.2 Å². The minimum absolute atomic E-state index is 0.0382. The molecule has 1 heterocycles. The molecule has 2 aromatic rings. The van der Waals surface area contributed by atoms with E-state index >= 15 is 0 Å². The summed E-state index contributed by atoms with van der Waals surface area (Å²) in [5.41, 5.74) is -6.34. The summed E-state index contributed by atoms with van der Waals surface area (Å²) in [7, 11) is -3.82. The first kappa shape index (κ1) is 26.2. The molecule has 0 fully saturated rings. The van der Waals surface area contributed by atoms with Gasteiger partial charge in [0.2, 0.25) is 0 Å². The number of methoxy groups -OCH3 is 2. The fraction of sp³-hybridized carbons (Fsp3) is 0.348. The fourth-order valence-electron chi connectivity index (χ4n) is 3.32. The Labute approximate surface area is 200 Å². The highest BCUT2D eigenvalue weighted by Crippen LogP contribution is 2.47. The Hall–Kier alpha value is -3.41. The van der Waals surface area contributed by atoms with Gasteiger partial charge >= 0.3 is 21.6 Å². The molecule has 0 radical (unpaired) electrons. The molecule has 190 valence electrons. The van der Waals surface area contributed by atoms with E-state index in [0.29, 0.717) is 13.0 Å². The van der Waals surface area contributed by atoms with E-state index in [9.17, 15) is 26.4 Å². The average Bonchev–Trinajstić information content (AvgIpc) is 2.82. The van der Waals surface area contributed by atoms with Crippen LogP contribution in [0.5, 0.6) is 17.2 Å². The van der Waals surface area contributed by atoms with Crippen molar-refractivity contribution in [2.45, 2.75) is 31.4 Å². The van der Waals surface area contributed by atoms with E-state index in [1.54, 1.807) is 18.2 Å². The number of esters is 1. The SMILES string of the molecule is CCCCOc1ccc2c(c1)C(OS(=O)(=O)C(F)(F)F)=C(C(=O)OC)C(c1ccccc1OC)O2. The number of benzene rings is 2. The smallest absolute Gasteiger partial charge is 0.496 e. The van der Waals surface area contributed by atoms with Crippen LogP contribution >= 0.6 is 0 Å². The zero-order chi connectivity index (χ0) is 25.8. The number of unbranched alkanes of at least 4 members (excludes halogenated alkanes) is 1. The highest BCUT2D eigenvalue weighted by molar-refractivity contribution is 7.87. The van der Waals surface area contributed by atoms with E-state index in [1.807, 2.05) is 6.92 Å². The molecule has 0 aromatic heterocycles. The minimum atomic E-state index is -6.16. The van der Waals surface area contributed by atoms with Crippen molar-refractivity contribution in [1.82, 2.24) is 0 Å². The number of carbonyl (C=O) groups is 1. The quantitative estimate of drug-likeness (QED) is 0.204. The summed E-state index contributed by atoms with van der Waals surface area (Å²) < 4.78 is 90.0. The summed E-state index contributed by atoms with van der Waals surface area (Å²) in [5.74, 6) is -1.63. The van der Waals surface area contributed by atoms with Crippen LogP contribution in [0.25, 0.3) is 5.76 Å². The van der Waals surface area contributed by atoms with Gasteiger partial charge in [0.25, 0.3) is 0 Å². The molecule has 2 aromatic carbocycles. The minimum Gasteiger partial charge on any atom is -0.496 e. The van der Waals surface area contributed by atoms with Gasteiger partial charge in [-0.15, -0.1) is 0 Å². The molecule has 35 heavy (non-hydrogen) atoms. The normalized spacial score (nSPS) is 15.7. The Morgan fingerprint density at radius 3 is 2.46 bits per heavy atom. The van der Waals surface area contributed by atoms with Crippen LogP contribution in [0.2, 0.25) is 0 Å². The number of rotatable bonds is 9. The summed E-state index contributed by atoms with van der Waals surface area (Å²) in [6.07, 6.45) is 0.133. The van der Waals surface area contributed by atoms with Gasteiger partial charge in [0.1, 0.15) is 22.8 Å². The van der Waals surface area contributed by atoms with E-state index < -0.39 is 39.0 Å². The molecule has 0 spiro atoms. The Kier molecular flexibility index (Phi) is 7.83. The van der Waals surface area contributed by atoms with Gasteiger partial charge in [-0.2, -0.15) is 21.6 Å². The number of halogens is 3. The van der Waals surface area contributed by atoms with Gasteiger partial charge in [-0.25, -0.2) is 4.79 Å². The molecule has 1 atom stereocenters. The average molecular weight is 516 g/mol. The molecular formula is C23H23F3O8S. The third-order valence-electron chi connectivity index (χ3n) is 5.02. The van der Waals surface area contributed by atoms with E-state index in [-0.39, 0.29) is 28.4 Å². The molecule has 1 aliphatic rings. The molecule has 0 aliphatic carbocycles. The number of para-hydroxylation sites is 1. The predicted molar refractivity (Wildman–Crippen MR) is 118 cm³/mol. The van der Waals surface area contributed by atoms with Crippen LogP contribution in [0.15, 0.2) is 48.0 Å². The predicted octanol–water partition coefficient (Wildman–Crippen LogP) is 4.76. The first-order chi connectivity index (χ1) is 16.5. The third-order valence-corrected chi connectivity index (χ3v) is 5.97. The van der Waals surface area contributed by atoms with Crippen LogP contribution in [0.3, 0.4) is 0 Å². The van der Waals surface area contributed by atoms with Gasteiger partial charge in [0, 0.05) is 5.56 Å². The topological polar surface area (TPSA) is 97.4 Å². The van der Waals surface area contributed by atoms with Crippen LogP contribution in [0, 0.1) is 0 Å². The lowest BCUT2D eigenvalue weighted by Gasteiger charge is -2.30. The van der Waals surface area contributed by atoms with Crippen molar-refractivity contribution in [3.05, 3.63) is 59.2 Å². The van der Waals surface area contributed by atoms with E-state index in [4.69, 9.17) is 18.9 Å². The largest absolute Gasteiger partial charge is 0.534 e. The molecule has 12 heteroatoms. The first-order valence-electron chi connectivity index (χ1n) is 10.4. The van der Waals surface area contributed by atoms with Crippen molar-refractivity contribution in [1.29, 1.82) is 0 Å². The van der Waals surface area contributed by atoms with Gasteiger partial charge in [0.15, 0.2) is 11.9 Å². The molecule has 0 bridgehead atoms. The van der Waals surface area contributed by atoms with Gasteiger partial charge in [-0.3, -0.25) is 0 Å². The molecule has 0 saturated carbocycles. The number of hydrogen-bond acceptors (Lipinski definition) is 8. The van der Waals surface area contributed by atoms with Gasteiger partial charge in [0.05, 0.1) is 26.4 Å². The van der Waals surface area contributed by atoms with Crippen molar-refractivity contribution in [3.8, 4) is 17.2 Å². The standard InChI is InChI=1S/C23H23F3O8S/c1-4-5-12-32-14-10-11-18-16(13-14)21(34-35(28,29)23(24,25)26)19(22(27)31-3)20(33-18)15-8-6-7-9-17(15)30-2/h6-11,13,20H,4-5,12H2,1-3H3. The second kappa shape index (κ2) is 10.5. The van der Waals surface area contributed by atoms with Crippen molar-refractivity contribution in [2.24, 2.45) is 0 Å². The summed E-state index contributed by atoms with van der Waals surface area (Å²) in [6, 6.07) is 10.4. The Morgan fingerprint density at radius 2 is 1.83 bits per heavy atom. The lowest BCUT2D eigenvalue weighted by Crippen LogP contribution is -2.29. The summed E-state index contributed by atoms with van der Waals surface area (Å²) >= 11 is 0. The van der Waals surface area contributed by atoms with Crippen molar-refractivity contribution in [3.63, 3.8) is 0 Å². The van der Waals surface area contributed by atoms with Crippen LogP contribution in [-0.2, 0) is 23.8 Å². The van der Waals surface area contributed by atoms with E-state index in [1.165, 1.54) is 31.4 Å². The van der Waals surface area contributed by atoms with Crippen molar-refractivity contribution < 1.29 is 49.5 Å². The number of ether oxygens (including phenoxy) is 4. The number of hydrogen-bond donors (Lipinski definition) is 0. The molecule has 0 amide bonds. The summed E-state index contributed by atoms with van der Waals surface area (Å²) in [6.45, 7) is 2.26. The van der Waals surface area contributed by atoms with Crippen LogP contribution in [0.1, 0.15) is 37.0 Å². The maximum Gasteiger partial charge on any atom is 0.534 e. The van der Waals surface area contributed by atoms with Crippen LogP contribution in [0.4, 0.5) is 13.2 Å². The molecule has 0 N–H and O–H groups in total. The maximum absolute atomic E-state index is 13.3. The molecule has 8 nitrogen and oxygen atoms in total. The monoisotopic (exact) mass is 516 g/mol. The van der Waals surface area contributed by atoms with Gasteiger partial charge in [-0.05, 0) is 30.7 Å². The number of carbonyl (C=O) groups excluding carboxylic acids is 1. The highest BCUT2D eigenvalue weighted by atomic mass is 32.2. The highest BCUT2D eigenvalue weighted by Gasteiger charge is 2.51. The zero-order valence-electron chi connectivity index (χ0n) is 19.0. The second-order valence-electron chi connectivity index (χ2n) is 7.32.